The van der Waals surface area contributed by atoms with Gasteiger partial charge in [-0.1, -0.05) is 23.9 Å². The largest absolute Gasteiger partial charge is 0.290 e. The SMILES string of the molecule is Cn1c(SCc2cc([N+](=O)[O-])cc([N+](=O)[O-])c2)nc2ccccc2c1=O. The predicted molar refractivity (Wildman–Crippen MR) is 96.3 cm³/mol. The third-order valence-electron chi connectivity index (χ3n) is 3.69. The Labute approximate surface area is 150 Å². The second-order valence-corrected chi connectivity index (χ2v) is 6.38. The Morgan fingerprint density at radius 2 is 1.69 bits per heavy atom. The first kappa shape index (κ1) is 17.5. The molecule has 0 unspecified atom stereocenters. The molecule has 0 fully saturated rings. The molecule has 0 aliphatic rings. The fraction of sp³-hybridized carbons (Fsp3) is 0.125. The van der Waals surface area contributed by atoms with Gasteiger partial charge in [-0.05, 0) is 17.7 Å². The van der Waals surface area contributed by atoms with E-state index in [0.717, 1.165) is 6.07 Å². The van der Waals surface area contributed by atoms with Gasteiger partial charge in [0.05, 0.1) is 26.8 Å². The molecular weight excluding hydrogens is 360 g/mol. The van der Waals surface area contributed by atoms with E-state index in [1.54, 1.807) is 31.3 Å². The average molecular weight is 372 g/mol. The molecule has 0 aliphatic carbocycles. The number of nitro groups is 2. The summed E-state index contributed by atoms with van der Waals surface area (Å²) in [6.45, 7) is 0. The number of rotatable bonds is 5. The van der Waals surface area contributed by atoms with Crippen LogP contribution in [0.5, 0.6) is 0 Å². The number of non-ortho nitro benzene ring substituents is 2. The van der Waals surface area contributed by atoms with Crippen molar-refractivity contribution in [2.75, 3.05) is 0 Å². The minimum Gasteiger partial charge on any atom is -0.290 e. The summed E-state index contributed by atoms with van der Waals surface area (Å²) < 4.78 is 1.39. The summed E-state index contributed by atoms with van der Waals surface area (Å²) in [4.78, 5) is 37.4. The van der Waals surface area contributed by atoms with Gasteiger partial charge in [0.1, 0.15) is 0 Å². The third-order valence-corrected chi connectivity index (χ3v) is 4.80. The van der Waals surface area contributed by atoms with Gasteiger partial charge in [0.2, 0.25) is 0 Å². The highest BCUT2D eigenvalue weighted by atomic mass is 32.2. The first-order valence-electron chi connectivity index (χ1n) is 7.38. The Morgan fingerprint density at radius 1 is 1.08 bits per heavy atom. The summed E-state index contributed by atoms with van der Waals surface area (Å²) in [5.41, 5.74) is 0.0369. The quantitative estimate of drug-likeness (QED) is 0.292. The van der Waals surface area contributed by atoms with Crippen LogP contribution >= 0.6 is 11.8 Å². The normalized spacial score (nSPS) is 10.8. The monoisotopic (exact) mass is 372 g/mol. The number of nitrogens with zero attached hydrogens (tertiary/aromatic N) is 4. The summed E-state index contributed by atoms with van der Waals surface area (Å²) in [6.07, 6.45) is 0. The third kappa shape index (κ3) is 3.40. The summed E-state index contributed by atoms with van der Waals surface area (Å²) in [5, 5.41) is 22.8. The highest BCUT2D eigenvalue weighted by molar-refractivity contribution is 7.98. The van der Waals surface area contributed by atoms with Crippen molar-refractivity contribution in [3.8, 4) is 0 Å². The number of thioether (sulfide) groups is 1. The Balaban J connectivity index is 1.95. The van der Waals surface area contributed by atoms with E-state index in [0.29, 0.717) is 21.6 Å². The molecule has 0 saturated carbocycles. The van der Waals surface area contributed by atoms with Crippen molar-refractivity contribution >= 4 is 34.0 Å². The molecule has 26 heavy (non-hydrogen) atoms. The van der Waals surface area contributed by atoms with Crippen LogP contribution in [0.3, 0.4) is 0 Å². The molecule has 0 N–H and O–H groups in total. The van der Waals surface area contributed by atoms with Crippen LogP contribution in [0, 0.1) is 20.2 Å². The fourth-order valence-corrected chi connectivity index (χ4v) is 3.33. The molecule has 0 amide bonds. The van der Waals surface area contributed by atoms with E-state index in [-0.39, 0.29) is 22.7 Å². The summed E-state index contributed by atoms with van der Waals surface area (Å²) in [5.74, 6) is 0.196. The topological polar surface area (TPSA) is 121 Å². The molecule has 132 valence electrons. The molecule has 1 heterocycles. The van der Waals surface area contributed by atoms with Crippen molar-refractivity contribution in [2.45, 2.75) is 10.9 Å². The van der Waals surface area contributed by atoms with Crippen LogP contribution in [0.25, 0.3) is 10.9 Å². The van der Waals surface area contributed by atoms with Crippen molar-refractivity contribution in [1.82, 2.24) is 9.55 Å². The van der Waals surface area contributed by atoms with Crippen molar-refractivity contribution in [3.05, 3.63) is 78.6 Å². The molecule has 0 radical (unpaired) electrons. The van der Waals surface area contributed by atoms with Crippen molar-refractivity contribution in [1.29, 1.82) is 0 Å². The van der Waals surface area contributed by atoms with E-state index in [1.165, 1.54) is 28.5 Å². The minimum absolute atomic E-state index is 0.196. The Bertz CT molecular complexity index is 1060. The van der Waals surface area contributed by atoms with Gasteiger partial charge in [0.25, 0.3) is 16.9 Å². The van der Waals surface area contributed by atoms with Crippen molar-refractivity contribution in [3.63, 3.8) is 0 Å². The average Bonchev–Trinajstić information content (AvgIpc) is 2.63. The molecule has 0 saturated heterocycles. The zero-order chi connectivity index (χ0) is 18.8. The summed E-state index contributed by atoms with van der Waals surface area (Å²) in [7, 11) is 1.58. The van der Waals surface area contributed by atoms with Gasteiger partial charge in [-0.2, -0.15) is 0 Å². The molecule has 9 nitrogen and oxygen atoms in total. The van der Waals surface area contributed by atoms with Crippen molar-refractivity contribution in [2.24, 2.45) is 7.05 Å². The van der Waals surface area contributed by atoms with Gasteiger partial charge < -0.3 is 0 Å². The lowest BCUT2D eigenvalue weighted by Crippen LogP contribution is -2.19. The number of hydrogen-bond acceptors (Lipinski definition) is 7. The van der Waals surface area contributed by atoms with Crippen LogP contribution in [0.15, 0.2) is 52.4 Å². The molecular formula is C16H12N4O5S. The van der Waals surface area contributed by atoms with E-state index in [4.69, 9.17) is 0 Å². The second-order valence-electron chi connectivity index (χ2n) is 5.44. The number of para-hydroxylation sites is 1. The van der Waals surface area contributed by atoms with Crippen LogP contribution in [0.1, 0.15) is 5.56 Å². The van der Waals surface area contributed by atoms with Gasteiger partial charge in [0.15, 0.2) is 5.16 Å². The number of aromatic nitrogens is 2. The van der Waals surface area contributed by atoms with Crippen LogP contribution in [0.4, 0.5) is 11.4 Å². The Hall–Kier alpha value is -3.27. The van der Waals surface area contributed by atoms with Gasteiger partial charge in [0, 0.05) is 24.9 Å². The molecule has 10 heteroatoms. The van der Waals surface area contributed by atoms with Gasteiger partial charge in [-0.15, -0.1) is 0 Å². The first-order valence-corrected chi connectivity index (χ1v) is 8.36. The van der Waals surface area contributed by atoms with E-state index >= 15 is 0 Å². The van der Waals surface area contributed by atoms with Crippen LogP contribution in [-0.4, -0.2) is 19.4 Å². The highest BCUT2D eigenvalue weighted by Crippen LogP contribution is 2.27. The molecule has 3 aromatic rings. The Kier molecular flexibility index (Phi) is 4.67. The molecule has 0 aliphatic heterocycles. The van der Waals surface area contributed by atoms with Crippen LogP contribution in [-0.2, 0) is 12.8 Å². The summed E-state index contributed by atoms with van der Waals surface area (Å²) >= 11 is 1.18. The lowest BCUT2D eigenvalue weighted by molar-refractivity contribution is -0.394. The van der Waals surface area contributed by atoms with E-state index in [1.807, 2.05) is 0 Å². The molecule has 3 rings (SSSR count). The van der Waals surface area contributed by atoms with E-state index in [2.05, 4.69) is 4.98 Å². The van der Waals surface area contributed by atoms with Gasteiger partial charge in [-0.25, -0.2) is 4.98 Å². The molecule has 2 aromatic carbocycles. The zero-order valence-electron chi connectivity index (χ0n) is 13.5. The van der Waals surface area contributed by atoms with Gasteiger partial charge in [-0.3, -0.25) is 29.6 Å². The first-order chi connectivity index (χ1) is 12.4. The standard InChI is InChI=1S/C16H12N4O5S/c1-18-15(21)13-4-2-3-5-14(13)17-16(18)26-9-10-6-11(19(22)23)8-12(7-10)20(24)25/h2-8H,9H2,1H3. The highest BCUT2D eigenvalue weighted by Gasteiger charge is 2.17. The molecule has 0 spiro atoms. The molecule has 0 bridgehead atoms. The van der Waals surface area contributed by atoms with Crippen LogP contribution < -0.4 is 5.56 Å². The molecule has 1 aromatic heterocycles. The predicted octanol–water partition coefficient (Wildman–Crippen LogP) is 3.04. The lowest BCUT2D eigenvalue weighted by atomic mass is 10.2. The maximum absolute atomic E-state index is 12.4. The maximum atomic E-state index is 12.4. The van der Waals surface area contributed by atoms with E-state index < -0.39 is 9.85 Å². The van der Waals surface area contributed by atoms with Crippen molar-refractivity contribution < 1.29 is 9.85 Å². The van der Waals surface area contributed by atoms with Gasteiger partial charge >= 0.3 is 0 Å². The smallest absolute Gasteiger partial charge is 0.276 e. The molecule has 0 atom stereocenters. The van der Waals surface area contributed by atoms with E-state index in [9.17, 15) is 25.0 Å². The number of hydrogen-bond donors (Lipinski definition) is 0. The number of fused-ring (bicyclic) bond motifs is 1. The zero-order valence-corrected chi connectivity index (χ0v) is 14.3. The fourth-order valence-electron chi connectivity index (χ4n) is 2.43. The van der Waals surface area contributed by atoms with Crippen LogP contribution in [0.2, 0.25) is 0 Å². The Morgan fingerprint density at radius 3 is 2.31 bits per heavy atom. The number of nitro benzene ring substituents is 2. The minimum atomic E-state index is -0.675. The lowest BCUT2D eigenvalue weighted by Gasteiger charge is -2.08. The second kappa shape index (κ2) is 6.92. The summed E-state index contributed by atoms with van der Waals surface area (Å²) in [6, 6.07) is 10.4. The number of benzene rings is 2. The maximum Gasteiger partial charge on any atom is 0.276 e.